The van der Waals surface area contributed by atoms with Crippen molar-refractivity contribution in [3.8, 4) is 0 Å². The summed E-state index contributed by atoms with van der Waals surface area (Å²) < 4.78 is 10.6. The van der Waals surface area contributed by atoms with E-state index >= 15 is 0 Å². The van der Waals surface area contributed by atoms with E-state index in [9.17, 15) is 0 Å². The summed E-state index contributed by atoms with van der Waals surface area (Å²) in [6, 6.07) is 2.04. The molecular weight excluding hydrogens is 230 g/mol. The van der Waals surface area contributed by atoms with Gasteiger partial charge in [-0.25, -0.2) is 0 Å². The lowest BCUT2D eigenvalue weighted by atomic mass is 9.99. The Balaban J connectivity index is 1.84. The summed E-state index contributed by atoms with van der Waals surface area (Å²) in [5.74, 6) is 1.61. The maximum Gasteiger partial charge on any atom is 0.151 e. The molecule has 1 atom stereocenters. The fourth-order valence-electron chi connectivity index (χ4n) is 2.58. The van der Waals surface area contributed by atoms with Gasteiger partial charge in [0.1, 0.15) is 0 Å². The van der Waals surface area contributed by atoms with Crippen molar-refractivity contribution >= 4 is 0 Å². The molecule has 1 unspecified atom stereocenters. The van der Waals surface area contributed by atoms with Crippen LogP contribution in [0.5, 0.6) is 0 Å². The van der Waals surface area contributed by atoms with E-state index in [1.807, 2.05) is 13.1 Å². The molecule has 0 aliphatic carbocycles. The number of nitrogens with one attached hydrogen (secondary N) is 1. The van der Waals surface area contributed by atoms with Crippen molar-refractivity contribution < 1.29 is 9.26 Å². The number of likely N-dealkylation sites (tertiary alicyclic amines) is 1. The summed E-state index contributed by atoms with van der Waals surface area (Å²) in [4.78, 5) is 2.43. The van der Waals surface area contributed by atoms with Crippen LogP contribution >= 0.6 is 0 Å². The summed E-state index contributed by atoms with van der Waals surface area (Å²) in [5.41, 5.74) is 0.970. The van der Waals surface area contributed by atoms with Gasteiger partial charge in [-0.2, -0.15) is 0 Å². The molecule has 1 aliphatic rings. The predicted molar refractivity (Wildman–Crippen MR) is 69.1 cm³/mol. The molecule has 102 valence electrons. The van der Waals surface area contributed by atoms with Crippen LogP contribution < -0.4 is 5.32 Å². The summed E-state index contributed by atoms with van der Waals surface area (Å²) in [6.07, 6.45) is 2.51. The second-order valence-corrected chi connectivity index (χ2v) is 5.01. The quantitative estimate of drug-likeness (QED) is 0.827. The zero-order valence-electron chi connectivity index (χ0n) is 11.3. The van der Waals surface area contributed by atoms with Gasteiger partial charge in [0.15, 0.2) is 5.76 Å². The first-order valence-corrected chi connectivity index (χ1v) is 6.62. The number of hydrogen-bond donors (Lipinski definition) is 1. The molecular formula is C13H23N3O2. The minimum Gasteiger partial charge on any atom is -0.384 e. The van der Waals surface area contributed by atoms with Crippen LogP contribution in [0, 0.1) is 5.92 Å². The molecule has 5 nitrogen and oxygen atoms in total. The van der Waals surface area contributed by atoms with Gasteiger partial charge in [0.25, 0.3) is 0 Å². The van der Waals surface area contributed by atoms with Crippen molar-refractivity contribution in [2.75, 3.05) is 33.9 Å². The van der Waals surface area contributed by atoms with E-state index in [4.69, 9.17) is 9.26 Å². The third-order valence-electron chi connectivity index (χ3n) is 3.35. The highest BCUT2D eigenvalue weighted by molar-refractivity contribution is 5.05. The minimum atomic E-state index is 0.656. The van der Waals surface area contributed by atoms with Crippen molar-refractivity contribution in [2.24, 2.45) is 5.92 Å². The lowest BCUT2D eigenvalue weighted by molar-refractivity contribution is 0.0829. The maximum absolute atomic E-state index is 5.35. The molecule has 1 aliphatic heterocycles. The lowest BCUT2D eigenvalue weighted by Crippen LogP contribution is -2.36. The Morgan fingerprint density at radius 3 is 3.28 bits per heavy atom. The van der Waals surface area contributed by atoms with Crippen LogP contribution in [0.2, 0.25) is 0 Å². The standard InChI is InChI=1S/C13H23N3O2/c1-14-7-12-6-13(18-15-12)9-16-5-3-4-11(8-16)10-17-2/h6,11,14H,3-5,7-10H2,1-2H3. The minimum absolute atomic E-state index is 0.656. The fraction of sp³-hybridized carbons (Fsp3) is 0.769. The second-order valence-electron chi connectivity index (χ2n) is 5.01. The van der Waals surface area contributed by atoms with E-state index in [2.05, 4.69) is 15.4 Å². The Morgan fingerprint density at radius 2 is 2.50 bits per heavy atom. The Morgan fingerprint density at radius 1 is 1.61 bits per heavy atom. The van der Waals surface area contributed by atoms with Crippen molar-refractivity contribution in [2.45, 2.75) is 25.9 Å². The Labute approximate surface area is 108 Å². The van der Waals surface area contributed by atoms with E-state index in [1.54, 1.807) is 7.11 Å². The smallest absolute Gasteiger partial charge is 0.151 e. The number of methoxy groups -OCH3 is 1. The number of hydrogen-bond acceptors (Lipinski definition) is 5. The van der Waals surface area contributed by atoms with Gasteiger partial charge >= 0.3 is 0 Å². The van der Waals surface area contributed by atoms with E-state index in [0.29, 0.717) is 5.92 Å². The lowest BCUT2D eigenvalue weighted by Gasteiger charge is -2.31. The van der Waals surface area contributed by atoms with Crippen LogP contribution in [0.15, 0.2) is 10.6 Å². The van der Waals surface area contributed by atoms with Gasteiger partial charge in [-0.1, -0.05) is 5.16 Å². The molecule has 1 aromatic heterocycles. The molecule has 2 heterocycles. The molecule has 0 aromatic carbocycles. The van der Waals surface area contributed by atoms with Gasteiger partial charge in [-0.3, -0.25) is 4.90 Å². The molecule has 0 spiro atoms. The number of aromatic nitrogens is 1. The highest BCUT2D eigenvalue weighted by Crippen LogP contribution is 2.19. The van der Waals surface area contributed by atoms with E-state index in [-0.39, 0.29) is 0 Å². The monoisotopic (exact) mass is 253 g/mol. The highest BCUT2D eigenvalue weighted by atomic mass is 16.5. The normalized spacial score (nSPS) is 21.3. The van der Waals surface area contributed by atoms with Crippen LogP contribution in [0.1, 0.15) is 24.3 Å². The molecule has 1 aromatic rings. The molecule has 5 heteroatoms. The molecule has 0 radical (unpaired) electrons. The van der Waals surface area contributed by atoms with Gasteiger partial charge in [0.05, 0.1) is 18.8 Å². The predicted octanol–water partition coefficient (Wildman–Crippen LogP) is 1.25. The number of nitrogens with zero attached hydrogens (tertiary/aromatic N) is 2. The molecule has 0 amide bonds. The van der Waals surface area contributed by atoms with Gasteiger partial charge in [-0.15, -0.1) is 0 Å². The largest absolute Gasteiger partial charge is 0.384 e. The van der Waals surface area contributed by atoms with Gasteiger partial charge in [-0.05, 0) is 32.4 Å². The first-order chi connectivity index (χ1) is 8.81. The van der Waals surface area contributed by atoms with Crippen LogP contribution in [-0.2, 0) is 17.8 Å². The topological polar surface area (TPSA) is 50.5 Å². The molecule has 0 bridgehead atoms. The highest BCUT2D eigenvalue weighted by Gasteiger charge is 2.20. The third-order valence-corrected chi connectivity index (χ3v) is 3.35. The zero-order chi connectivity index (χ0) is 12.8. The van der Waals surface area contributed by atoms with E-state index in [0.717, 1.165) is 44.2 Å². The molecule has 18 heavy (non-hydrogen) atoms. The Hall–Kier alpha value is -0.910. The second kappa shape index (κ2) is 6.87. The summed E-state index contributed by atoms with van der Waals surface area (Å²) >= 11 is 0. The third kappa shape index (κ3) is 3.80. The summed E-state index contributed by atoms with van der Waals surface area (Å²) in [7, 11) is 3.69. The number of piperidine rings is 1. The van der Waals surface area contributed by atoms with Gasteiger partial charge < -0.3 is 14.6 Å². The zero-order valence-corrected chi connectivity index (χ0v) is 11.3. The summed E-state index contributed by atoms with van der Waals surface area (Å²) in [5, 5.41) is 7.11. The fourth-order valence-corrected chi connectivity index (χ4v) is 2.58. The van der Waals surface area contributed by atoms with Crippen molar-refractivity contribution in [1.29, 1.82) is 0 Å². The molecule has 1 saturated heterocycles. The molecule has 0 saturated carbocycles. The van der Waals surface area contributed by atoms with Crippen LogP contribution in [0.4, 0.5) is 0 Å². The number of rotatable bonds is 6. The molecule has 1 fully saturated rings. The molecule has 1 N–H and O–H groups in total. The SMILES string of the molecule is CNCc1cc(CN2CCCC(COC)C2)on1. The summed E-state index contributed by atoms with van der Waals surface area (Å²) in [6.45, 7) is 4.71. The Bertz CT molecular complexity index is 352. The Kier molecular flexibility index (Phi) is 5.16. The van der Waals surface area contributed by atoms with Gasteiger partial charge in [0, 0.05) is 26.3 Å². The van der Waals surface area contributed by atoms with Crippen molar-refractivity contribution in [1.82, 2.24) is 15.4 Å². The molecule has 2 rings (SSSR count). The van der Waals surface area contributed by atoms with Gasteiger partial charge in [0.2, 0.25) is 0 Å². The average molecular weight is 253 g/mol. The first-order valence-electron chi connectivity index (χ1n) is 6.62. The van der Waals surface area contributed by atoms with Crippen LogP contribution in [0.3, 0.4) is 0 Å². The number of ether oxygens (including phenoxy) is 1. The van der Waals surface area contributed by atoms with Crippen molar-refractivity contribution in [3.63, 3.8) is 0 Å². The van der Waals surface area contributed by atoms with E-state index < -0.39 is 0 Å². The van der Waals surface area contributed by atoms with Crippen molar-refractivity contribution in [3.05, 3.63) is 17.5 Å². The van der Waals surface area contributed by atoms with Crippen LogP contribution in [0.25, 0.3) is 0 Å². The first kappa shape index (κ1) is 13.5. The van der Waals surface area contributed by atoms with E-state index in [1.165, 1.54) is 12.8 Å². The van der Waals surface area contributed by atoms with Crippen LogP contribution in [-0.4, -0.2) is 43.9 Å². The average Bonchev–Trinajstić information content (AvgIpc) is 2.78. The maximum atomic E-state index is 5.35.